The first-order chi connectivity index (χ1) is 9.69. The van der Waals surface area contributed by atoms with Crippen molar-refractivity contribution >= 4 is 23.5 Å². The topological polar surface area (TPSA) is 62.7 Å². The Balaban J connectivity index is 2.05. The van der Waals surface area contributed by atoms with Gasteiger partial charge in [0.1, 0.15) is 0 Å². The monoisotopic (exact) mass is 291 g/mol. The van der Waals surface area contributed by atoms with E-state index >= 15 is 0 Å². The molecule has 0 atom stereocenters. The summed E-state index contributed by atoms with van der Waals surface area (Å²) in [6.45, 7) is 5.61. The zero-order valence-electron chi connectivity index (χ0n) is 11.7. The van der Waals surface area contributed by atoms with E-state index in [0.717, 1.165) is 13.0 Å². The highest BCUT2D eigenvalue weighted by Crippen LogP contribution is 2.12. The van der Waals surface area contributed by atoms with E-state index in [1.807, 2.05) is 12.1 Å². The fourth-order valence-corrected chi connectivity index (χ4v) is 1.89. The van der Waals surface area contributed by atoms with E-state index in [1.165, 1.54) is 11.1 Å². The van der Waals surface area contributed by atoms with E-state index in [-0.39, 0.29) is 5.28 Å². The number of nitrogens with one attached hydrogen (secondary N) is 2. The van der Waals surface area contributed by atoms with Gasteiger partial charge in [-0.15, -0.1) is 0 Å². The zero-order valence-corrected chi connectivity index (χ0v) is 12.4. The number of hydrogen-bond donors (Lipinski definition) is 2. The predicted molar refractivity (Wildman–Crippen MR) is 82.1 cm³/mol. The maximum Gasteiger partial charge on any atom is 0.229 e. The summed E-state index contributed by atoms with van der Waals surface area (Å²) in [5, 5.41) is 6.46. The lowest BCUT2D eigenvalue weighted by atomic mass is 10.1. The number of halogens is 1. The van der Waals surface area contributed by atoms with Gasteiger partial charge in [0, 0.05) is 13.1 Å². The van der Waals surface area contributed by atoms with E-state index in [2.05, 4.69) is 51.6 Å². The van der Waals surface area contributed by atoms with Crippen molar-refractivity contribution in [3.8, 4) is 0 Å². The van der Waals surface area contributed by atoms with Gasteiger partial charge < -0.3 is 10.6 Å². The van der Waals surface area contributed by atoms with Crippen molar-refractivity contribution < 1.29 is 0 Å². The molecule has 0 spiro atoms. The summed E-state index contributed by atoms with van der Waals surface area (Å²) < 4.78 is 0. The van der Waals surface area contributed by atoms with Crippen LogP contribution in [0.1, 0.15) is 24.5 Å². The highest BCUT2D eigenvalue weighted by Gasteiger charge is 2.05. The van der Waals surface area contributed by atoms with Crippen molar-refractivity contribution in [2.24, 2.45) is 0 Å². The fraction of sp³-hybridized carbons (Fsp3) is 0.357. The van der Waals surface area contributed by atoms with Crippen LogP contribution in [0, 0.1) is 6.92 Å². The summed E-state index contributed by atoms with van der Waals surface area (Å²) in [5.74, 6) is 0.978. The lowest BCUT2D eigenvalue weighted by Crippen LogP contribution is -2.10. The predicted octanol–water partition coefficient (Wildman–Crippen LogP) is 3.27. The fourth-order valence-electron chi connectivity index (χ4n) is 1.73. The van der Waals surface area contributed by atoms with Crippen molar-refractivity contribution in [1.82, 2.24) is 15.0 Å². The number of anilines is 2. The molecule has 0 saturated carbocycles. The maximum absolute atomic E-state index is 5.90. The minimum atomic E-state index is 0.186. The maximum atomic E-state index is 5.90. The Bertz CT molecular complexity index is 573. The van der Waals surface area contributed by atoms with E-state index in [4.69, 9.17) is 11.6 Å². The van der Waals surface area contributed by atoms with E-state index in [0.29, 0.717) is 18.4 Å². The number of rotatable bonds is 6. The third kappa shape index (κ3) is 4.06. The molecule has 0 aliphatic heterocycles. The van der Waals surface area contributed by atoms with Gasteiger partial charge >= 0.3 is 0 Å². The van der Waals surface area contributed by atoms with Gasteiger partial charge in [-0.3, -0.25) is 0 Å². The largest absolute Gasteiger partial charge is 0.354 e. The molecule has 1 heterocycles. The van der Waals surface area contributed by atoms with Crippen LogP contribution < -0.4 is 10.6 Å². The second-order valence-electron chi connectivity index (χ2n) is 4.46. The average Bonchev–Trinajstić information content (AvgIpc) is 2.44. The van der Waals surface area contributed by atoms with Crippen molar-refractivity contribution in [2.75, 3.05) is 17.2 Å². The van der Waals surface area contributed by atoms with Gasteiger partial charge in [0.15, 0.2) is 0 Å². The van der Waals surface area contributed by atoms with Gasteiger partial charge in [0.25, 0.3) is 0 Å². The second kappa shape index (κ2) is 7.05. The highest BCUT2D eigenvalue weighted by atomic mass is 35.5. The Hall–Kier alpha value is -1.88. The molecule has 0 bridgehead atoms. The summed E-state index contributed by atoms with van der Waals surface area (Å²) in [7, 11) is 0. The van der Waals surface area contributed by atoms with Crippen LogP contribution >= 0.6 is 11.6 Å². The van der Waals surface area contributed by atoms with E-state index in [9.17, 15) is 0 Å². The molecule has 0 unspecified atom stereocenters. The first-order valence-corrected chi connectivity index (χ1v) is 7.00. The van der Waals surface area contributed by atoms with Crippen molar-refractivity contribution in [3.63, 3.8) is 0 Å². The van der Waals surface area contributed by atoms with Crippen LogP contribution in [0.15, 0.2) is 24.3 Å². The van der Waals surface area contributed by atoms with Gasteiger partial charge in [-0.05, 0) is 36.1 Å². The summed E-state index contributed by atoms with van der Waals surface area (Å²) in [4.78, 5) is 12.4. The van der Waals surface area contributed by atoms with Crippen molar-refractivity contribution in [3.05, 3.63) is 40.7 Å². The van der Waals surface area contributed by atoms with Crippen LogP contribution in [0.3, 0.4) is 0 Å². The van der Waals surface area contributed by atoms with Gasteiger partial charge in [-0.25, -0.2) is 0 Å². The lowest BCUT2D eigenvalue weighted by Gasteiger charge is -2.09. The summed E-state index contributed by atoms with van der Waals surface area (Å²) >= 11 is 5.90. The zero-order chi connectivity index (χ0) is 14.4. The van der Waals surface area contributed by atoms with Gasteiger partial charge in [-0.1, -0.05) is 31.2 Å². The number of nitrogens with zero attached hydrogens (tertiary/aromatic N) is 3. The number of aromatic nitrogens is 3. The Labute approximate surface area is 123 Å². The molecule has 2 rings (SSSR count). The first-order valence-electron chi connectivity index (χ1n) is 6.63. The van der Waals surface area contributed by atoms with Crippen LogP contribution in [0.5, 0.6) is 0 Å². The summed E-state index contributed by atoms with van der Waals surface area (Å²) in [5.41, 5.74) is 2.43. The van der Waals surface area contributed by atoms with Crippen molar-refractivity contribution in [1.29, 1.82) is 0 Å². The van der Waals surface area contributed by atoms with Crippen LogP contribution in [-0.2, 0) is 6.54 Å². The number of benzene rings is 1. The van der Waals surface area contributed by atoms with Crippen LogP contribution in [0.2, 0.25) is 5.28 Å². The third-order valence-corrected chi connectivity index (χ3v) is 3.01. The molecule has 0 aliphatic carbocycles. The molecule has 20 heavy (non-hydrogen) atoms. The Morgan fingerprint density at radius 2 is 1.75 bits per heavy atom. The molecule has 0 radical (unpaired) electrons. The molecule has 1 aromatic heterocycles. The minimum absolute atomic E-state index is 0.186. The van der Waals surface area contributed by atoms with Crippen LogP contribution in [-0.4, -0.2) is 21.5 Å². The van der Waals surface area contributed by atoms with E-state index in [1.54, 1.807) is 0 Å². The number of hydrogen-bond acceptors (Lipinski definition) is 5. The molecular formula is C14H18ClN5. The molecule has 2 N–H and O–H groups in total. The molecule has 5 nitrogen and oxygen atoms in total. The van der Waals surface area contributed by atoms with Crippen molar-refractivity contribution in [2.45, 2.75) is 26.8 Å². The standard InChI is InChI=1S/C14H18ClN5/c1-3-8-16-13-18-12(15)19-14(20-13)17-9-11-7-5-4-6-10(11)2/h4-7H,3,8-9H2,1-2H3,(H2,16,17,18,19,20). The minimum Gasteiger partial charge on any atom is -0.354 e. The molecule has 106 valence electrons. The quantitative estimate of drug-likeness (QED) is 0.855. The molecule has 1 aromatic carbocycles. The second-order valence-corrected chi connectivity index (χ2v) is 4.80. The average molecular weight is 292 g/mol. The normalized spacial score (nSPS) is 10.3. The SMILES string of the molecule is CCCNc1nc(Cl)nc(NCc2ccccc2C)n1. The summed E-state index contributed by atoms with van der Waals surface area (Å²) in [6, 6.07) is 8.18. The summed E-state index contributed by atoms with van der Waals surface area (Å²) in [6.07, 6.45) is 0.995. The molecule has 0 saturated heterocycles. The molecular weight excluding hydrogens is 274 g/mol. The highest BCUT2D eigenvalue weighted by molar-refractivity contribution is 6.28. The van der Waals surface area contributed by atoms with Gasteiger partial charge in [0.05, 0.1) is 0 Å². The molecule has 2 aromatic rings. The Kier molecular flexibility index (Phi) is 5.12. The Morgan fingerprint density at radius 3 is 2.45 bits per heavy atom. The van der Waals surface area contributed by atoms with Gasteiger partial charge in [-0.2, -0.15) is 15.0 Å². The number of aryl methyl sites for hydroxylation is 1. The first kappa shape index (κ1) is 14.5. The Morgan fingerprint density at radius 1 is 1.05 bits per heavy atom. The molecule has 0 aliphatic rings. The van der Waals surface area contributed by atoms with Gasteiger partial charge in [0.2, 0.25) is 17.2 Å². The lowest BCUT2D eigenvalue weighted by molar-refractivity contribution is 0.932. The third-order valence-electron chi connectivity index (χ3n) is 2.84. The smallest absolute Gasteiger partial charge is 0.229 e. The molecule has 6 heteroatoms. The van der Waals surface area contributed by atoms with E-state index < -0.39 is 0 Å². The molecule has 0 amide bonds. The van der Waals surface area contributed by atoms with Crippen LogP contribution in [0.25, 0.3) is 0 Å². The molecule has 0 fully saturated rings. The van der Waals surface area contributed by atoms with Crippen LogP contribution in [0.4, 0.5) is 11.9 Å².